The molecule has 3 aliphatic heterocycles. The Labute approximate surface area is 168 Å². The molecule has 0 spiro atoms. The number of piperidine rings is 1. The van der Waals surface area contributed by atoms with Crippen molar-refractivity contribution in [2.24, 2.45) is 11.8 Å². The number of fused-ring (bicyclic) bond motifs is 1. The van der Waals surface area contributed by atoms with Crippen LogP contribution in [0.4, 0.5) is 14.6 Å². The molecule has 2 saturated heterocycles. The minimum absolute atomic E-state index is 0.0686. The summed E-state index contributed by atoms with van der Waals surface area (Å²) in [6.07, 6.45) is -0.445. The van der Waals surface area contributed by atoms with Crippen molar-refractivity contribution in [3.8, 4) is 0 Å². The van der Waals surface area contributed by atoms with Crippen LogP contribution in [0.5, 0.6) is 0 Å². The van der Waals surface area contributed by atoms with Crippen molar-refractivity contribution in [3.05, 3.63) is 11.8 Å². The number of hydrogen-bond donors (Lipinski definition) is 1. The number of aryl methyl sites for hydroxylation is 1. The number of amides is 1. The highest BCUT2D eigenvalue weighted by atomic mass is 19.3. The number of hydrogen-bond acceptors (Lipinski definition) is 5. The number of carbonyl (C=O) groups is 2. The average molecular weight is 410 g/mol. The van der Waals surface area contributed by atoms with Crippen LogP contribution in [0.1, 0.15) is 51.3 Å². The normalized spacial score (nSPS) is 31.4. The minimum Gasteiger partial charge on any atom is -0.459 e. The van der Waals surface area contributed by atoms with Gasteiger partial charge in [0.05, 0.1) is 18.0 Å². The van der Waals surface area contributed by atoms with Crippen molar-refractivity contribution in [1.82, 2.24) is 14.7 Å². The van der Waals surface area contributed by atoms with Crippen molar-refractivity contribution < 1.29 is 23.1 Å². The van der Waals surface area contributed by atoms with E-state index in [1.807, 2.05) is 0 Å². The van der Waals surface area contributed by atoms with Gasteiger partial charge in [-0.3, -0.25) is 9.59 Å². The Morgan fingerprint density at radius 1 is 1.41 bits per heavy atom. The van der Waals surface area contributed by atoms with Crippen molar-refractivity contribution in [3.63, 3.8) is 0 Å². The number of halogens is 2. The molecule has 160 valence electrons. The van der Waals surface area contributed by atoms with Gasteiger partial charge in [0.2, 0.25) is 5.91 Å². The largest absolute Gasteiger partial charge is 0.459 e. The van der Waals surface area contributed by atoms with E-state index in [4.69, 9.17) is 4.74 Å². The average Bonchev–Trinajstić information content (AvgIpc) is 3.16. The molecule has 1 aromatic rings. The molecule has 1 aromatic heterocycles. The van der Waals surface area contributed by atoms with Crippen molar-refractivity contribution in [2.45, 2.75) is 70.6 Å². The third-order valence-corrected chi connectivity index (χ3v) is 6.52. The van der Waals surface area contributed by atoms with E-state index in [9.17, 15) is 18.4 Å². The summed E-state index contributed by atoms with van der Waals surface area (Å²) >= 11 is 0. The molecule has 1 amide bonds. The maximum atomic E-state index is 13.7. The first-order valence-electron chi connectivity index (χ1n) is 10.3. The molecule has 4 heterocycles. The molecule has 0 radical (unpaired) electrons. The Hall–Kier alpha value is -2.19. The van der Waals surface area contributed by atoms with Crippen LogP contribution in [0.2, 0.25) is 0 Å². The van der Waals surface area contributed by atoms with Crippen LogP contribution in [-0.4, -0.2) is 57.7 Å². The first-order valence-corrected chi connectivity index (χ1v) is 10.3. The summed E-state index contributed by atoms with van der Waals surface area (Å²) in [4.78, 5) is 26.6. The van der Waals surface area contributed by atoms with Gasteiger partial charge < -0.3 is 15.0 Å². The number of anilines is 1. The van der Waals surface area contributed by atoms with E-state index in [2.05, 4.69) is 10.4 Å². The van der Waals surface area contributed by atoms with E-state index in [1.54, 1.807) is 31.7 Å². The van der Waals surface area contributed by atoms with E-state index in [0.717, 1.165) is 12.8 Å². The topological polar surface area (TPSA) is 76.5 Å². The highest BCUT2D eigenvalue weighted by Gasteiger charge is 2.48. The number of carbonyl (C=O) groups excluding carboxylic acids is 2. The first-order chi connectivity index (χ1) is 13.7. The molecule has 2 fully saturated rings. The molecule has 0 bridgehead atoms. The predicted molar refractivity (Wildman–Crippen MR) is 102 cm³/mol. The first kappa shape index (κ1) is 20.1. The fourth-order valence-electron chi connectivity index (χ4n) is 4.97. The number of alkyl halides is 2. The maximum Gasteiger partial charge on any atom is 0.307 e. The van der Waals surface area contributed by atoms with Crippen LogP contribution in [0, 0.1) is 18.8 Å². The van der Waals surface area contributed by atoms with Crippen molar-refractivity contribution >= 4 is 17.7 Å². The summed E-state index contributed by atoms with van der Waals surface area (Å²) in [6.45, 7) is 6.44. The number of rotatable bonds is 3. The Morgan fingerprint density at radius 3 is 2.83 bits per heavy atom. The second-order valence-corrected chi connectivity index (χ2v) is 9.02. The van der Waals surface area contributed by atoms with Crippen LogP contribution in [0.25, 0.3) is 0 Å². The van der Waals surface area contributed by atoms with Crippen molar-refractivity contribution in [1.29, 1.82) is 0 Å². The zero-order chi connectivity index (χ0) is 20.9. The Morgan fingerprint density at radius 2 is 2.17 bits per heavy atom. The highest BCUT2D eigenvalue weighted by Crippen LogP contribution is 2.38. The SMILES string of the molecule is Cc1cc2n(n1)[C@@H](C(F)F)C[C@@H]([C@@H]1CCCN(C(=O)[C@H]3CC(=O)OC3(C)C)C1)N2. The second kappa shape index (κ2) is 7.25. The van der Waals surface area contributed by atoms with E-state index in [0.29, 0.717) is 24.6 Å². The van der Waals surface area contributed by atoms with Crippen LogP contribution in [0.15, 0.2) is 6.07 Å². The van der Waals surface area contributed by atoms with Gasteiger partial charge in [-0.05, 0) is 46.0 Å². The summed E-state index contributed by atoms with van der Waals surface area (Å²) in [7, 11) is 0. The Kier molecular flexibility index (Phi) is 5.02. The Bertz CT molecular complexity index is 810. The van der Waals surface area contributed by atoms with E-state index in [1.165, 1.54) is 4.68 Å². The molecule has 4 rings (SSSR count). The lowest BCUT2D eigenvalue weighted by atomic mass is 9.84. The van der Waals surface area contributed by atoms with Gasteiger partial charge in [0, 0.05) is 25.2 Å². The van der Waals surface area contributed by atoms with Crippen LogP contribution >= 0.6 is 0 Å². The van der Waals surface area contributed by atoms with E-state index in [-0.39, 0.29) is 36.7 Å². The number of esters is 1. The Balaban J connectivity index is 1.49. The predicted octanol–water partition coefficient (Wildman–Crippen LogP) is 2.76. The lowest BCUT2D eigenvalue weighted by molar-refractivity contribution is -0.149. The number of cyclic esters (lactones) is 1. The lowest BCUT2D eigenvalue weighted by Gasteiger charge is -2.42. The number of nitrogens with zero attached hydrogens (tertiary/aromatic N) is 3. The van der Waals surface area contributed by atoms with Gasteiger partial charge in [-0.25, -0.2) is 13.5 Å². The van der Waals surface area contributed by atoms with Crippen LogP contribution in [-0.2, 0) is 14.3 Å². The second-order valence-electron chi connectivity index (χ2n) is 9.02. The molecule has 4 atom stereocenters. The zero-order valence-electron chi connectivity index (χ0n) is 17.0. The fraction of sp³-hybridized carbons (Fsp3) is 0.750. The lowest BCUT2D eigenvalue weighted by Crippen LogP contribution is -2.51. The summed E-state index contributed by atoms with van der Waals surface area (Å²) in [5.41, 5.74) is -0.109. The molecule has 0 saturated carbocycles. The molecule has 9 heteroatoms. The van der Waals surface area contributed by atoms with Gasteiger partial charge in [-0.2, -0.15) is 5.10 Å². The van der Waals surface area contributed by atoms with Gasteiger partial charge in [0.25, 0.3) is 6.43 Å². The van der Waals surface area contributed by atoms with Crippen LogP contribution in [0.3, 0.4) is 0 Å². The molecule has 7 nitrogen and oxygen atoms in total. The van der Waals surface area contributed by atoms with Gasteiger partial charge in [-0.1, -0.05) is 0 Å². The third-order valence-electron chi connectivity index (χ3n) is 6.52. The van der Waals surface area contributed by atoms with Crippen molar-refractivity contribution in [2.75, 3.05) is 18.4 Å². The minimum atomic E-state index is -2.50. The molecule has 0 aromatic carbocycles. The van der Waals surface area contributed by atoms with Crippen LogP contribution < -0.4 is 5.32 Å². The zero-order valence-corrected chi connectivity index (χ0v) is 17.0. The van der Waals surface area contributed by atoms with E-state index < -0.39 is 24.0 Å². The molecule has 0 aliphatic carbocycles. The maximum absolute atomic E-state index is 13.7. The summed E-state index contributed by atoms with van der Waals surface area (Å²) < 4.78 is 34.1. The molecule has 3 aliphatic rings. The van der Waals surface area contributed by atoms with Gasteiger partial charge in [0.15, 0.2) is 0 Å². The van der Waals surface area contributed by atoms with Gasteiger partial charge in [-0.15, -0.1) is 0 Å². The number of aromatic nitrogens is 2. The molecular formula is C20H28F2N4O3. The standard InChI is InChI=1S/C20H28F2N4O3/c1-11-7-16-23-14(9-15(18(21)22)26(16)24-11)12-5-4-6-25(10-12)19(28)13-8-17(27)29-20(13,2)3/h7,12-15,18,23H,4-6,8-10H2,1-3H3/t12-,13-,14+,15-/m1/s1. The molecule has 0 unspecified atom stereocenters. The fourth-order valence-corrected chi connectivity index (χ4v) is 4.97. The molecular weight excluding hydrogens is 382 g/mol. The van der Waals surface area contributed by atoms with Gasteiger partial charge in [0.1, 0.15) is 17.5 Å². The number of nitrogens with one attached hydrogen (secondary N) is 1. The number of likely N-dealkylation sites (tertiary alicyclic amines) is 1. The quantitative estimate of drug-likeness (QED) is 0.776. The molecule has 29 heavy (non-hydrogen) atoms. The molecule has 1 N–H and O–H groups in total. The third kappa shape index (κ3) is 3.71. The summed E-state index contributed by atoms with van der Waals surface area (Å²) in [5.74, 6) is -0.236. The monoisotopic (exact) mass is 410 g/mol. The summed E-state index contributed by atoms with van der Waals surface area (Å²) in [5, 5.41) is 7.59. The highest BCUT2D eigenvalue weighted by molar-refractivity contribution is 5.87. The smallest absolute Gasteiger partial charge is 0.307 e. The van der Waals surface area contributed by atoms with E-state index >= 15 is 0 Å². The van der Waals surface area contributed by atoms with Gasteiger partial charge >= 0.3 is 5.97 Å². The summed E-state index contributed by atoms with van der Waals surface area (Å²) in [6, 6.07) is 0.676. The number of ether oxygens (including phenoxy) is 1.